The Kier molecular flexibility index (Phi) is 14.0. The summed E-state index contributed by atoms with van der Waals surface area (Å²) in [4.78, 5) is 32.9. The minimum Gasteiger partial charge on any atom is -0.465 e. The van der Waals surface area contributed by atoms with Crippen LogP contribution in [0.1, 0.15) is 54.4 Å². The maximum Gasteiger partial charge on any atom is 0.416 e. The number of aromatic amines is 1. The Balaban J connectivity index is 0.000000289. The van der Waals surface area contributed by atoms with Crippen LogP contribution in [0.2, 0.25) is 0 Å². The van der Waals surface area contributed by atoms with Crippen LogP contribution in [0.4, 0.5) is 22.8 Å². The molecule has 6 rings (SSSR count). The summed E-state index contributed by atoms with van der Waals surface area (Å²) in [5.41, 5.74) is 2.37. The van der Waals surface area contributed by atoms with Crippen LogP contribution < -0.4 is 4.74 Å². The molecule has 2 amide bonds. The number of nitrogens with zero attached hydrogens (tertiary/aromatic N) is 5. The molecule has 52 heavy (non-hydrogen) atoms. The molecule has 3 aromatic carbocycles. The van der Waals surface area contributed by atoms with Gasteiger partial charge in [-0.15, -0.1) is 0 Å². The number of rotatable bonds is 10. The van der Waals surface area contributed by atoms with E-state index in [9.17, 15) is 22.8 Å². The van der Waals surface area contributed by atoms with Crippen LogP contribution >= 0.6 is 11.8 Å². The molecule has 14 heteroatoms. The number of alkyl halides is 3. The fourth-order valence-corrected chi connectivity index (χ4v) is 7.22. The zero-order valence-electron chi connectivity index (χ0n) is 29.2. The van der Waals surface area contributed by atoms with Crippen molar-refractivity contribution in [1.29, 1.82) is 0 Å². The Bertz CT molecular complexity index is 1660. The van der Waals surface area contributed by atoms with Gasteiger partial charge in [-0.25, -0.2) is 14.6 Å². The fourth-order valence-electron chi connectivity index (χ4n) is 6.24. The van der Waals surface area contributed by atoms with Crippen molar-refractivity contribution in [2.24, 2.45) is 5.92 Å². The highest BCUT2D eigenvalue weighted by atomic mass is 32.2. The highest BCUT2D eigenvalue weighted by Crippen LogP contribution is 2.30. The number of piperidine rings is 2. The number of hydrogen-bond donors (Lipinski definition) is 2. The molecule has 2 fully saturated rings. The lowest BCUT2D eigenvalue weighted by molar-refractivity contribution is -0.137. The lowest BCUT2D eigenvalue weighted by Gasteiger charge is -2.32. The molecule has 2 N–H and O–H groups in total. The van der Waals surface area contributed by atoms with Crippen molar-refractivity contribution in [3.05, 3.63) is 107 Å². The Hall–Kier alpha value is -4.56. The standard InChI is InChI=1S/C30H33F3N2O2.C8H12N4O2S/c1-34(22-26-5-3-2-4-6-26)18-15-23-16-19-35(20-17-23)29(36)37-28-13-9-25(10-14-28)21-24-7-11-27(12-8-24)30(31,32)33;13-8(14)12-3-1-6(2-4-12)15-7-9-5-10-11-7/h2-14,23H,15-22H2,1H3;5-6H,1-4H2,(H,13,14)(H,9,10,11). The molecule has 4 aromatic rings. The van der Waals surface area contributed by atoms with E-state index in [0.717, 1.165) is 73.6 Å². The minimum atomic E-state index is -4.33. The van der Waals surface area contributed by atoms with Crippen molar-refractivity contribution < 1.29 is 32.6 Å². The number of hydrogen-bond acceptors (Lipinski definition) is 7. The van der Waals surface area contributed by atoms with Gasteiger partial charge in [-0.05, 0) is 99.0 Å². The highest BCUT2D eigenvalue weighted by Gasteiger charge is 2.30. The van der Waals surface area contributed by atoms with Crippen molar-refractivity contribution >= 4 is 23.9 Å². The van der Waals surface area contributed by atoms with Gasteiger partial charge in [-0.2, -0.15) is 18.3 Å². The summed E-state index contributed by atoms with van der Waals surface area (Å²) in [7, 11) is 2.15. The van der Waals surface area contributed by atoms with Crippen molar-refractivity contribution in [1.82, 2.24) is 29.9 Å². The van der Waals surface area contributed by atoms with Gasteiger partial charge < -0.3 is 24.5 Å². The average Bonchev–Trinajstić information content (AvgIpc) is 3.66. The number of H-pyrrole nitrogens is 1. The molecular formula is C38H45F3N6O4S. The quantitative estimate of drug-likeness (QED) is 0.168. The summed E-state index contributed by atoms with van der Waals surface area (Å²) < 4.78 is 43.8. The van der Waals surface area contributed by atoms with Crippen molar-refractivity contribution in [3.63, 3.8) is 0 Å². The number of halogens is 3. The molecule has 0 atom stereocenters. The number of carbonyl (C=O) groups excluding carboxylic acids is 1. The molecule has 2 aliphatic heterocycles. The van der Waals surface area contributed by atoms with E-state index < -0.39 is 17.8 Å². The van der Waals surface area contributed by atoms with Gasteiger partial charge in [0, 0.05) is 38.0 Å². The summed E-state index contributed by atoms with van der Waals surface area (Å²) in [5, 5.41) is 16.6. The molecule has 3 heterocycles. The smallest absolute Gasteiger partial charge is 0.416 e. The average molecular weight is 739 g/mol. The Morgan fingerprint density at radius 1 is 0.885 bits per heavy atom. The van der Waals surface area contributed by atoms with Gasteiger partial charge in [0.05, 0.1) is 5.56 Å². The summed E-state index contributed by atoms with van der Waals surface area (Å²) in [5.74, 6) is 1.07. The van der Waals surface area contributed by atoms with Crippen molar-refractivity contribution in [3.8, 4) is 5.75 Å². The molecule has 10 nitrogen and oxygen atoms in total. The predicted octanol–water partition coefficient (Wildman–Crippen LogP) is 8.07. The van der Waals surface area contributed by atoms with Gasteiger partial charge in [0.2, 0.25) is 0 Å². The van der Waals surface area contributed by atoms with Gasteiger partial charge in [0.15, 0.2) is 5.16 Å². The molecule has 0 aliphatic carbocycles. The molecule has 0 unspecified atom stereocenters. The largest absolute Gasteiger partial charge is 0.465 e. The molecule has 0 spiro atoms. The maximum absolute atomic E-state index is 12.7. The first-order chi connectivity index (χ1) is 25.0. The molecule has 278 valence electrons. The highest BCUT2D eigenvalue weighted by molar-refractivity contribution is 7.99. The summed E-state index contributed by atoms with van der Waals surface area (Å²) in [6.07, 6.45) is 1.30. The number of amides is 2. The first kappa shape index (κ1) is 38.7. The van der Waals surface area contributed by atoms with Crippen LogP contribution in [0.5, 0.6) is 5.75 Å². The van der Waals surface area contributed by atoms with Crippen LogP contribution in [0, 0.1) is 5.92 Å². The van der Waals surface area contributed by atoms with Crippen LogP contribution in [-0.2, 0) is 19.1 Å². The Labute approximate surface area is 306 Å². The third-order valence-corrected chi connectivity index (χ3v) is 10.5. The molecule has 1 aromatic heterocycles. The lowest BCUT2D eigenvalue weighted by Crippen LogP contribution is -2.40. The predicted molar refractivity (Wildman–Crippen MR) is 193 cm³/mol. The third-order valence-electron chi connectivity index (χ3n) is 9.29. The lowest BCUT2D eigenvalue weighted by atomic mass is 9.93. The van der Waals surface area contributed by atoms with Gasteiger partial charge >= 0.3 is 18.4 Å². The first-order valence-corrected chi connectivity index (χ1v) is 18.3. The van der Waals surface area contributed by atoms with Gasteiger partial charge in [0.25, 0.3) is 0 Å². The van der Waals surface area contributed by atoms with Crippen LogP contribution in [-0.4, -0.2) is 92.2 Å². The van der Waals surface area contributed by atoms with Gasteiger partial charge in [-0.1, -0.05) is 66.4 Å². The van der Waals surface area contributed by atoms with Gasteiger partial charge in [0.1, 0.15) is 12.1 Å². The van der Waals surface area contributed by atoms with E-state index in [1.54, 1.807) is 28.8 Å². The number of benzene rings is 3. The molecule has 2 saturated heterocycles. The third kappa shape index (κ3) is 12.3. The molecule has 0 bridgehead atoms. The molecule has 2 aliphatic rings. The van der Waals surface area contributed by atoms with E-state index in [1.165, 1.54) is 28.9 Å². The van der Waals surface area contributed by atoms with E-state index >= 15 is 0 Å². The summed E-state index contributed by atoms with van der Waals surface area (Å²) in [6, 6.07) is 22.7. The number of ether oxygens (including phenoxy) is 1. The number of carbonyl (C=O) groups is 2. The molecular weight excluding hydrogens is 694 g/mol. The van der Waals surface area contributed by atoms with E-state index in [0.29, 0.717) is 49.5 Å². The van der Waals surface area contributed by atoms with Crippen molar-refractivity contribution in [2.75, 3.05) is 39.8 Å². The second-order valence-electron chi connectivity index (χ2n) is 13.2. The van der Waals surface area contributed by atoms with E-state index in [-0.39, 0.29) is 6.09 Å². The number of thioether (sulfide) groups is 1. The topological polar surface area (TPSA) is 115 Å². The monoisotopic (exact) mass is 738 g/mol. The molecule has 0 radical (unpaired) electrons. The van der Waals surface area contributed by atoms with E-state index in [1.807, 2.05) is 18.2 Å². The summed E-state index contributed by atoms with van der Waals surface area (Å²) in [6.45, 7) is 4.58. The fraction of sp³-hybridized carbons (Fsp3) is 0.421. The maximum atomic E-state index is 12.7. The Morgan fingerprint density at radius 3 is 2.08 bits per heavy atom. The number of aromatic nitrogens is 3. The summed E-state index contributed by atoms with van der Waals surface area (Å²) >= 11 is 1.64. The SMILES string of the molecule is CN(CCC1CCN(C(=O)Oc2ccc(Cc3ccc(C(F)(F)F)cc3)cc2)CC1)Cc1ccccc1.O=C(O)N1CCC(Sc2ncn[nH]2)CC1. The zero-order chi connectivity index (χ0) is 36.9. The Morgan fingerprint density at radius 2 is 1.50 bits per heavy atom. The van der Waals surface area contributed by atoms with E-state index in [2.05, 4.69) is 51.4 Å². The normalized spacial score (nSPS) is 15.6. The molecule has 0 saturated carbocycles. The van der Waals surface area contributed by atoms with Crippen molar-refractivity contribution in [2.45, 2.75) is 61.7 Å². The second-order valence-corrected chi connectivity index (χ2v) is 14.5. The minimum absolute atomic E-state index is 0.338. The first-order valence-electron chi connectivity index (χ1n) is 17.5. The van der Waals surface area contributed by atoms with E-state index in [4.69, 9.17) is 9.84 Å². The number of likely N-dealkylation sites (tertiary alicyclic amines) is 2. The van der Waals surface area contributed by atoms with Gasteiger partial charge in [-0.3, -0.25) is 5.10 Å². The zero-order valence-corrected chi connectivity index (χ0v) is 30.0. The number of nitrogens with one attached hydrogen (secondary N) is 1. The van der Waals surface area contributed by atoms with Crippen LogP contribution in [0.15, 0.2) is 90.3 Å². The van der Waals surface area contributed by atoms with Crippen LogP contribution in [0.3, 0.4) is 0 Å². The second kappa shape index (κ2) is 18.8. The van der Waals surface area contributed by atoms with Crippen LogP contribution in [0.25, 0.3) is 0 Å². The number of carboxylic acid groups (broad SMARTS) is 1.